The number of nitrogens with zero attached hydrogens (tertiary/aromatic N) is 4. The number of aromatic nitrogens is 2. The molecule has 0 bridgehead atoms. The molecule has 34 heavy (non-hydrogen) atoms. The Hall–Kier alpha value is -3.23. The van der Waals surface area contributed by atoms with Crippen LogP contribution in [0.15, 0.2) is 23.1 Å². The van der Waals surface area contributed by atoms with Gasteiger partial charge in [0.25, 0.3) is 5.56 Å². The summed E-state index contributed by atoms with van der Waals surface area (Å²) >= 11 is 0. The Morgan fingerprint density at radius 1 is 1.15 bits per heavy atom. The van der Waals surface area contributed by atoms with E-state index in [0.29, 0.717) is 36.4 Å². The predicted molar refractivity (Wildman–Crippen MR) is 127 cm³/mol. The molecule has 0 radical (unpaired) electrons. The lowest BCUT2D eigenvalue weighted by molar-refractivity contribution is -0.153. The first-order valence-electron chi connectivity index (χ1n) is 12.3. The van der Waals surface area contributed by atoms with Gasteiger partial charge in [-0.15, -0.1) is 0 Å². The van der Waals surface area contributed by atoms with Gasteiger partial charge in [-0.1, -0.05) is 38.7 Å². The highest BCUT2D eigenvalue weighted by atomic mass is 16.2. The molecule has 3 aliphatic rings. The molecule has 5 heterocycles. The normalized spacial score (nSPS) is 24.8. The van der Waals surface area contributed by atoms with E-state index in [-0.39, 0.29) is 18.5 Å². The van der Waals surface area contributed by atoms with Gasteiger partial charge in [-0.3, -0.25) is 29.0 Å². The third kappa shape index (κ3) is 3.24. The Balaban J connectivity index is 1.70. The van der Waals surface area contributed by atoms with E-state index in [2.05, 4.69) is 12.2 Å². The average molecular weight is 466 g/mol. The number of barbiturate groups is 1. The van der Waals surface area contributed by atoms with E-state index in [0.717, 1.165) is 37.7 Å². The quantitative estimate of drug-likeness (QED) is 0.550. The second-order valence-corrected chi connectivity index (χ2v) is 9.73. The number of fused-ring (bicyclic) bond motifs is 5. The minimum absolute atomic E-state index is 0.0472. The van der Waals surface area contributed by atoms with Crippen LogP contribution in [0.4, 0.5) is 10.6 Å². The SMILES string of the molecule is CCCCCN1C(=O)NC(=O)[C@]2(Cc3c(nc4c(C)cccn4c3=O)N3CCCCC[C@H]32)C1=O. The zero-order valence-corrected chi connectivity index (χ0v) is 19.8. The molecule has 5 rings (SSSR count). The van der Waals surface area contributed by atoms with E-state index in [1.54, 1.807) is 12.3 Å². The van der Waals surface area contributed by atoms with E-state index in [4.69, 9.17) is 4.98 Å². The van der Waals surface area contributed by atoms with E-state index < -0.39 is 29.3 Å². The lowest BCUT2D eigenvalue weighted by Gasteiger charge is -2.50. The molecule has 1 N–H and O–H groups in total. The lowest BCUT2D eigenvalue weighted by Crippen LogP contribution is -2.72. The average Bonchev–Trinajstić information content (AvgIpc) is 3.08. The van der Waals surface area contributed by atoms with Crippen LogP contribution in [-0.4, -0.2) is 51.3 Å². The van der Waals surface area contributed by atoms with Gasteiger partial charge < -0.3 is 4.90 Å². The molecule has 2 aromatic heterocycles. The first kappa shape index (κ1) is 22.6. The molecule has 4 amide bonds. The van der Waals surface area contributed by atoms with Crippen LogP contribution in [0.1, 0.15) is 63.0 Å². The summed E-state index contributed by atoms with van der Waals surface area (Å²) in [4.78, 5) is 62.0. The Kier molecular flexibility index (Phi) is 5.65. The first-order chi connectivity index (χ1) is 16.4. The van der Waals surface area contributed by atoms with Gasteiger partial charge in [0.2, 0.25) is 11.8 Å². The molecule has 1 spiro atoms. The molecule has 3 aliphatic heterocycles. The van der Waals surface area contributed by atoms with Crippen molar-refractivity contribution in [3.8, 4) is 0 Å². The zero-order chi connectivity index (χ0) is 24.0. The number of hydrogen-bond acceptors (Lipinski definition) is 6. The molecular weight excluding hydrogens is 434 g/mol. The fraction of sp³-hybridized carbons (Fsp3) is 0.560. The van der Waals surface area contributed by atoms with Crippen molar-refractivity contribution < 1.29 is 14.4 Å². The minimum Gasteiger partial charge on any atom is -0.352 e. The van der Waals surface area contributed by atoms with Crippen molar-refractivity contribution >= 4 is 29.3 Å². The van der Waals surface area contributed by atoms with Gasteiger partial charge in [0.1, 0.15) is 11.5 Å². The van der Waals surface area contributed by atoms with Gasteiger partial charge in [-0.25, -0.2) is 9.78 Å². The minimum atomic E-state index is -1.52. The van der Waals surface area contributed by atoms with Gasteiger partial charge in [0.15, 0.2) is 5.41 Å². The third-order valence-corrected chi connectivity index (χ3v) is 7.65. The lowest BCUT2D eigenvalue weighted by atomic mass is 9.68. The largest absolute Gasteiger partial charge is 0.352 e. The van der Waals surface area contributed by atoms with E-state index in [9.17, 15) is 19.2 Å². The maximum absolute atomic E-state index is 14.0. The number of unbranched alkanes of at least 4 members (excludes halogenated alkanes) is 2. The van der Waals surface area contributed by atoms with Crippen LogP contribution in [0.3, 0.4) is 0 Å². The molecule has 2 fully saturated rings. The monoisotopic (exact) mass is 465 g/mol. The Morgan fingerprint density at radius 2 is 1.97 bits per heavy atom. The van der Waals surface area contributed by atoms with Gasteiger partial charge >= 0.3 is 6.03 Å². The third-order valence-electron chi connectivity index (χ3n) is 7.65. The smallest absolute Gasteiger partial charge is 0.330 e. The molecule has 2 aromatic rings. The molecule has 0 aliphatic carbocycles. The number of hydrogen-bond donors (Lipinski definition) is 1. The zero-order valence-electron chi connectivity index (χ0n) is 19.8. The number of rotatable bonds is 4. The summed E-state index contributed by atoms with van der Waals surface area (Å²) in [5.41, 5.74) is 0.0544. The van der Waals surface area contributed by atoms with Gasteiger partial charge in [0, 0.05) is 25.7 Å². The number of aryl methyl sites for hydroxylation is 1. The second-order valence-electron chi connectivity index (χ2n) is 9.73. The maximum atomic E-state index is 14.0. The van der Waals surface area contributed by atoms with Crippen LogP contribution in [0, 0.1) is 12.3 Å². The number of carbonyl (C=O) groups is 3. The molecule has 0 unspecified atom stereocenters. The van der Waals surface area contributed by atoms with Crippen molar-refractivity contribution in [2.24, 2.45) is 5.41 Å². The van der Waals surface area contributed by atoms with Crippen LogP contribution in [-0.2, 0) is 16.0 Å². The maximum Gasteiger partial charge on any atom is 0.330 e. The van der Waals surface area contributed by atoms with Crippen LogP contribution < -0.4 is 15.8 Å². The Morgan fingerprint density at radius 3 is 2.76 bits per heavy atom. The molecule has 9 nitrogen and oxygen atoms in total. The van der Waals surface area contributed by atoms with Crippen molar-refractivity contribution in [1.82, 2.24) is 19.6 Å². The number of amides is 4. The van der Waals surface area contributed by atoms with Crippen molar-refractivity contribution in [3.63, 3.8) is 0 Å². The predicted octanol–water partition coefficient (Wildman–Crippen LogP) is 2.56. The second kappa shape index (κ2) is 8.52. The summed E-state index contributed by atoms with van der Waals surface area (Å²) in [7, 11) is 0. The highest BCUT2D eigenvalue weighted by Crippen LogP contribution is 2.45. The summed E-state index contributed by atoms with van der Waals surface area (Å²) in [6.45, 7) is 4.84. The standard InChI is InChI=1S/C25H31N5O4/c1-3-4-7-13-30-23(33)25(22(32)27-24(30)34)15-17-20(28-12-8-5-6-11-18(25)28)26-19-16(2)10-9-14-29(19)21(17)31/h9-10,14,18H,3-8,11-13,15H2,1-2H3,(H,27,32,34)/t18-,25+/m0/s1. The van der Waals surface area contributed by atoms with Crippen LogP contribution in [0.5, 0.6) is 0 Å². The number of pyridine rings is 1. The summed E-state index contributed by atoms with van der Waals surface area (Å²) in [5, 5.41) is 2.47. The summed E-state index contributed by atoms with van der Waals surface area (Å²) < 4.78 is 1.50. The number of urea groups is 1. The fourth-order valence-electron chi connectivity index (χ4n) is 5.87. The Bertz CT molecular complexity index is 1240. The van der Waals surface area contributed by atoms with Crippen molar-refractivity contribution in [1.29, 1.82) is 0 Å². The van der Waals surface area contributed by atoms with Crippen LogP contribution in [0.2, 0.25) is 0 Å². The van der Waals surface area contributed by atoms with Gasteiger partial charge in [0.05, 0.1) is 11.6 Å². The number of nitrogens with one attached hydrogen (secondary N) is 1. The highest BCUT2D eigenvalue weighted by Gasteiger charge is 2.62. The first-order valence-corrected chi connectivity index (χ1v) is 12.3. The fourth-order valence-corrected chi connectivity index (χ4v) is 5.87. The molecule has 0 aromatic carbocycles. The van der Waals surface area contributed by atoms with E-state index in [1.807, 2.05) is 17.9 Å². The molecule has 180 valence electrons. The topological polar surface area (TPSA) is 104 Å². The van der Waals surface area contributed by atoms with Crippen molar-refractivity contribution in [2.75, 3.05) is 18.0 Å². The summed E-state index contributed by atoms with van der Waals surface area (Å²) in [6, 6.07) is 2.59. The molecule has 0 saturated carbocycles. The van der Waals surface area contributed by atoms with E-state index in [1.165, 1.54) is 9.30 Å². The number of anilines is 1. The molecule has 2 atom stereocenters. The summed E-state index contributed by atoms with van der Waals surface area (Å²) in [6.07, 6.45) is 7.49. The Labute approximate surface area is 198 Å². The van der Waals surface area contributed by atoms with Gasteiger partial charge in [-0.05, 0) is 37.8 Å². The highest BCUT2D eigenvalue weighted by molar-refractivity contribution is 6.20. The number of carbonyl (C=O) groups excluding carboxylic acids is 3. The summed E-state index contributed by atoms with van der Waals surface area (Å²) in [5.74, 6) is -0.494. The molecule has 2 saturated heterocycles. The van der Waals surface area contributed by atoms with E-state index >= 15 is 0 Å². The van der Waals surface area contributed by atoms with Crippen molar-refractivity contribution in [2.45, 2.75) is 71.3 Å². The van der Waals surface area contributed by atoms with Crippen LogP contribution >= 0.6 is 0 Å². The molecule has 9 heteroatoms. The molecular formula is C25H31N5O4. The van der Waals surface area contributed by atoms with Crippen LogP contribution in [0.25, 0.3) is 5.65 Å². The van der Waals surface area contributed by atoms with Crippen molar-refractivity contribution in [3.05, 3.63) is 39.8 Å². The number of imide groups is 2. The van der Waals surface area contributed by atoms with Gasteiger partial charge in [-0.2, -0.15) is 0 Å².